The molecule has 7 nitrogen and oxygen atoms in total. The topological polar surface area (TPSA) is 91.0 Å². The minimum Gasteiger partial charge on any atom is -0.440 e. The zero-order valence-electron chi connectivity index (χ0n) is 16.9. The van der Waals surface area contributed by atoms with Gasteiger partial charge in [0.25, 0.3) is 0 Å². The summed E-state index contributed by atoms with van der Waals surface area (Å²) in [4.78, 5) is 6.22. The lowest BCUT2D eigenvalue weighted by atomic mass is 9.96. The molecular formula is C22H16F3N5O2. The van der Waals surface area contributed by atoms with E-state index < -0.39 is 23.0 Å². The number of pyridine rings is 1. The first-order valence-electron chi connectivity index (χ1n) is 9.85. The Kier molecular flexibility index (Phi) is 4.83. The number of hydrogen-bond acceptors (Lipinski definition) is 6. The molecule has 1 aliphatic heterocycles. The van der Waals surface area contributed by atoms with Gasteiger partial charge in [-0.15, -0.1) is 0 Å². The highest BCUT2D eigenvalue weighted by atomic mass is 19.2. The monoisotopic (exact) mass is 439 g/mol. The third kappa shape index (κ3) is 3.09. The average molecular weight is 439 g/mol. The van der Waals surface area contributed by atoms with E-state index in [-0.39, 0.29) is 22.5 Å². The molecule has 5 rings (SSSR count). The summed E-state index contributed by atoms with van der Waals surface area (Å²) in [5.74, 6) is -2.84. The van der Waals surface area contributed by atoms with Crippen molar-refractivity contribution in [3.63, 3.8) is 0 Å². The molecule has 0 aliphatic carbocycles. The van der Waals surface area contributed by atoms with Crippen LogP contribution in [0.25, 0.3) is 33.6 Å². The van der Waals surface area contributed by atoms with Gasteiger partial charge in [0, 0.05) is 19.2 Å². The maximum atomic E-state index is 14.6. The minimum atomic E-state index is -1.43. The van der Waals surface area contributed by atoms with Crippen molar-refractivity contribution in [2.75, 3.05) is 31.2 Å². The van der Waals surface area contributed by atoms with E-state index >= 15 is 0 Å². The number of halogens is 3. The van der Waals surface area contributed by atoms with Crippen molar-refractivity contribution in [1.82, 2.24) is 15.2 Å². The predicted octanol–water partition coefficient (Wildman–Crippen LogP) is 4.32. The van der Waals surface area contributed by atoms with Crippen LogP contribution in [0.2, 0.25) is 0 Å². The molecule has 10 heteroatoms. The highest BCUT2D eigenvalue weighted by Crippen LogP contribution is 2.40. The van der Waals surface area contributed by atoms with Gasteiger partial charge in [-0.25, -0.2) is 18.2 Å². The Morgan fingerprint density at radius 2 is 1.81 bits per heavy atom. The molecule has 162 valence electrons. The summed E-state index contributed by atoms with van der Waals surface area (Å²) < 4.78 is 54.5. The second-order valence-corrected chi connectivity index (χ2v) is 7.31. The zero-order chi connectivity index (χ0) is 22.4. The molecule has 1 aromatic carbocycles. The largest absolute Gasteiger partial charge is 0.440 e. The van der Waals surface area contributed by atoms with Crippen LogP contribution in [-0.2, 0) is 4.74 Å². The highest BCUT2D eigenvalue weighted by molar-refractivity contribution is 5.99. The Labute approximate surface area is 180 Å². The first kappa shape index (κ1) is 20.1. The number of aromatic amines is 1. The molecule has 0 atom stereocenters. The SMILES string of the molecule is Cc1n[nH]c2nc(-c3c(F)ccc(F)c3F)c(C#N)c(-c3ccc(N4CCOCC4)o3)c12. The third-order valence-corrected chi connectivity index (χ3v) is 5.44. The first-order valence-corrected chi connectivity index (χ1v) is 9.85. The summed E-state index contributed by atoms with van der Waals surface area (Å²) in [6.07, 6.45) is 0. The van der Waals surface area contributed by atoms with Gasteiger partial charge in [-0.2, -0.15) is 10.4 Å². The average Bonchev–Trinajstić information content (AvgIpc) is 3.44. The normalized spacial score (nSPS) is 14.2. The molecular weight excluding hydrogens is 423 g/mol. The lowest BCUT2D eigenvalue weighted by molar-refractivity contribution is 0.121. The van der Waals surface area contributed by atoms with Crippen LogP contribution in [0.3, 0.4) is 0 Å². The molecule has 0 amide bonds. The van der Waals surface area contributed by atoms with Crippen LogP contribution < -0.4 is 4.90 Å². The van der Waals surface area contributed by atoms with Gasteiger partial charge in [-0.1, -0.05) is 0 Å². The van der Waals surface area contributed by atoms with Crippen LogP contribution in [0.4, 0.5) is 19.1 Å². The number of H-pyrrole nitrogens is 1. The summed E-state index contributed by atoms with van der Waals surface area (Å²) in [5.41, 5.74) is -0.210. The summed E-state index contributed by atoms with van der Waals surface area (Å²) >= 11 is 0. The number of nitrogens with one attached hydrogen (secondary N) is 1. The molecule has 1 N–H and O–H groups in total. The van der Waals surface area contributed by atoms with Crippen molar-refractivity contribution in [2.24, 2.45) is 0 Å². The van der Waals surface area contributed by atoms with E-state index in [9.17, 15) is 18.4 Å². The van der Waals surface area contributed by atoms with Gasteiger partial charge in [0.2, 0.25) is 0 Å². The number of aromatic nitrogens is 3. The fourth-order valence-electron chi connectivity index (χ4n) is 3.91. The smallest absolute Gasteiger partial charge is 0.196 e. The van der Waals surface area contributed by atoms with E-state index in [0.29, 0.717) is 55.1 Å². The highest BCUT2D eigenvalue weighted by Gasteiger charge is 2.28. The number of aryl methyl sites for hydroxylation is 1. The molecule has 3 aromatic heterocycles. The minimum absolute atomic E-state index is 0.145. The Balaban J connectivity index is 1.78. The van der Waals surface area contributed by atoms with Crippen LogP contribution in [0, 0.1) is 35.7 Å². The van der Waals surface area contributed by atoms with E-state index in [4.69, 9.17) is 9.15 Å². The van der Waals surface area contributed by atoms with E-state index in [1.54, 1.807) is 19.1 Å². The number of anilines is 1. The number of benzene rings is 1. The molecule has 0 saturated carbocycles. The molecule has 4 heterocycles. The Morgan fingerprint density at radius 1 is 1.06 bits per heavy atom. The second kappa shape index (κ2) is 7.69. The molecule has 1 saturated heterocycles. The summed E-state index contributed by atoms with van der Waals surface area (Å²) in [6.45, 7) is 4.10. The van der Waals surface area contributed by atoms with Gasteiger partial charge >= 0.3 is 0 Å². The summed E-state index contributed by atoms with van der Waals surface area (Å²) in [6, 6.07) is 6.89. The van der Waals surface area contributed by atoms with Crippen molar-refractivity contribution in [3.05, 3.63) is 53.0 Å². The number of nitrogens with zero attached hydrogens (tertiary/aromatic N) is 4. The Bertz CT molecular complexity index is 1380. The molecule has 1 fully saturated rings. The van der Waals surface area contributed by atoms with Gasteiger partial charge in [0.1, 0.15) is 17.6 Å². The second-order valence-electron chi connectivity index (χ2n) is 7.31. The van der Waals surface area contributed by atoms with E-state index in [2.05, 4.69) is 15.2 Å². The number of rotatable bonds is 3. The number of nitriles is 1. The van der Waals surface area contributed by atoms with E-state index in [0.717, 1.165) is 6.07 Å². The van der Waals surface area contributed by atoms with Crippen molar-refractivity contribution in [2.45, 2.75) is 6.92 Å². The Morgan fingerprint density at radius 3 is 2.56 bits per heavy atom. The number of furan rings is 1. The molecule has 32 heavy (non-hydrogen) atoms. The lowest BCUT2D eigenvalue weighted by Gasteiger charge is -2.26. The van der Waals surface area contributed by atoms with Crippen molar-refractivity contribution < 1.29 is 22.3 Å². The van der Waals surface area contributed by atoms with Crippen LogP contribution in [0.15, 0.2) is 28.7 Å². The van der Waals surface area contributed by atoms with Gasteiger partial charge in [0.15, 0.2) is 23.2 Å². The van der Waals surface area contributed by atoms with Gasteiger partial charge < -0.3 is 14.1 Å². The standard InChI is InChI=1S/C22H16F3N5O2/c1-11-17-18(15-4-5-16(32-15)30-6-8-31-9-7-30)12(10-26)21(27-22(17)29-28-11)19-13(23)2-3-14(24)20(19)25/h2-5H,6-9H2,1H3,(H,27,28,29). The maximum Gasteiger partial charge on any atom is 0.196 e. The summed E-state index contributed by atoms with van der Waals surface area (Å²) in [5, 5.41) is 17.3. The van der Waals surface area contributed by atoms with Crippen LogP contribution in [0.1, 0.15) is 11.3 Å². The predicted molar refractivity (Wildman–Crippen MR) is 109 cm³/mol. The molecule has 0 spiro atoms. The quantitative estimate of drug-likeness (QED) is 0.478. The molecule has 0 bridgehead atoms. The maximum absolute atomic E-state index is 14.6. The number of ether oxygens (including phenoxy) is 1. The van der Waals surface area contributed by atoms with Gasteiger partial charge in [-0.05, 0) is 25.1 Å². The molecule has 4 aromatic rings. The van der Waals surface area contributed by atoms with Crippen molar-refractivity contribution in [1.29, 1.82) is 5.26 Å². The van der Waals surface area contributed by atoms with Crippen molar-refractivity contribution >= 4 is 16.9 Å². The zero-order valence-corrected chi connectivity index (χ0v) is 16.9. The summed E-state index contributed by atoms with van der Waals surface area (Å²) in [7, 11) is 0. The van der Waals surface area contributed by atoms with Gasteiger partial charge in [-0.3, -0.25) is 5.10 Å². The van der Waals surface area contributed by atoms with E-state index in [1.165, 1.54) is 0 Å². The van der Waals surface area contributed by atoms with Crippen molar-refractivity contribution in [3.8, 4) is 28.7 Å². The number of fused-ring (bicyclic) bond motifs is 1. The number of hydrogen-bond donors (Lipinski definition) is 1. The third-order valence-electron chi connectivity index (χ3n) is 5.44. The fraction of sp³-hybridized carbons (Fsp3) is 0.227. The molecule has 1 aliphatic rings. The number of morpholine rings is 1. The van der Waals surface area contributed by atoms with Crippen LogP contribution in [-0.4, -0.2) is 41.5 Å². The van der Waals surface area contributed by atoms with E-state index in [1.807, 2.05) is 11.0 Å². The fourth-order valence-corrected chi connectivity index (χ4v) is 3.91. The first-order chi connectivity index (χ1) is 15.5. The Hall–Kier alpha value is -3.84. The lowest BCUT2D eigenvalue weighted by Crippen LogP contribution is -2.35. The van der Waals surface area contributed by atoms with Crippen LogP contribution in [0.5, 0.6) is 0 Å². The molecule has 0 radical (unpaired) electrons. The molecule has 0 unspecified atom stereocenters. The van der Waals surface area contributed by atoms with Gasteiger partial charge in [0.05, 0.1) is 46.7 Å². The van der Waals surface area contributed by atoms with Crippen LogP contribution >= 0.6 is 0 Å².